The number of hydrogen-bond acceptors (Lipinski definition) is 3. The number of rotatable bonds is 2. The molecule has 0 aliphatic heterocycles. The van der Waals surface area contributed by atoms with Crippen molar-refractivity contribution in [1.29, 1.82) is 0 Å². The average Bonchev–Trinajstić information content (AvgIpc) is 2.78. The van der Waals surface area contributed by atoms with E-state index >= 15 is 0 Å². The molecule has 0 aliphatic carbocycles. The molecule has 0 radical (unpaired) electrons. The highest BCUT2D eigenvalue weighted by Crippen LogP contribution is 2.28. The van der Waals surface area contributed by atoms with E-state index in [1.54, 1.807) is 0 Å². The predicted molar refractivity (Wildman–Crippen MR) is 89.1 cm³/mol. The van der Waals surface area contributed by atoms with Crippen LogP contribution in [0.25, 0.3) is 0 Å². The molecule has 2 rings (SSSR count). The number of carbonyl (C=O) groups excluding carboxylic acids is 1. The molecule has 0 saturated carbocycles. The molecule has 0 atom stereocenters. The number of nitrogens with two attached hydrogens (primary N) is 1. The van der Waals surface area contributed by atoms with Gasteiger partial charge in [0.1, 0.15) is 4.88 Å². The summed E-state index contributed by atoms with van der Waals surface area (Å²) in [4.78, 5) is 12.7. The van der Waals surface area contributed by atoms with Gasteiger partial charge in [-0.3, -0.25) is 4.79 Å². The van der Waals surface area contributed by atoms with E-state index in [-0.39, 0.29) is 5.91 Å². The summed E-state index contributed by atoms with van der Waals surface area (Å²) in [7, 11) is 0. The van der Waals surface area contributed by atoms with E-state index in [4.69, 9.17) is 17.3 Å². The maximum atomic E-state index is 12.2. The fourth-order valence-electron chi connectivity index (χ4n) is 1.80. The van der Waals surface area contributed by atoms with E-state index in [0.717, 1.165) is 22.4 Å². The van der Waals surface area contributed by atoms with Gasteiger partial charge in [-0.05, 0) is 48.6 Å². The molecule has 21 heavy (non-hydrogen) atoms. The maximum Gasteiger partial charge on any atom is 0.267 e. The van der Waals surface area contributed by atoms with E-state index in [0.29, 0.717) is 16.4 Å². The predicted octanol–water partition coefficient (Wildman–Crippen LogP) is 3.58. The summed E-state index contributed by atoms with van der Waals surface area (Å²) >= 11 is 7.44. The van der Waals surface area contributed by atoms with Gasteiger partial charge in [-0.2, -0.15) is 0 Å². The van der Waals surface area contributed by atoms with Gasteiger partial charge >= 0.3 is 0 Å². The molecule has 1 amide bonds. The lowest BCUT2D eigenvalue weighted by Gasteiger charge is -2.06. The molecule has 5 heteroatoms. The van der Waals surface area contributed by atoms with Crippen molar-refractivity contribution in [2.45, 2.75) is 13.8 Å². The largest absolute Gasteiger partial charge is 0.321 e. The van der Waals surface area contributed by atoms with Crippen molar-refractivity contribution in [2.75, 3.05) is 11.9 Å². The van der Waals surface area contributed by atoms with Gasteiger partial charge < -0.3 is 11.1 Å². The SMILES string of the molecule is Cc1cc(NC(=O)c2scc(C)c2Cl)ccc1C#CCN. The summed E-state index contributed by atoms with van der Waals surface area (Å²) in [6.07, 6.45) is 0. The Morgan fingerprint density at radius 2 is 2.14 bits per heavy atom. The van der Waals surface area contributed by atoms with E-state index in [1.807, 2.05) is 37.4 Å². The Kier molecular flexibility index (Phi) is 5.03. The van der Waals surface area contributed by atoms with Crippen LogP contribution in [0.3, 0.4) is 0 Å². The monoisotopic (exact) mass is 318 g/mol. The summed E-state index contributed by atoms with van der Waals surface area (Å²) in [5.41, 5.74) is 8.89. The smallest absolute Gasteiger partial charge is 0.267 e. The molecule has 0 aliphatic rings. The highest BCUT2D eigenvalue weighted by molar-refractivity contribution is 7.13. The molecule has 0 bridgehead atoms. The standard InChI is InChI=1S/C16H15ClN2OS/c1-10-8-13(6-5-12(10)4-3-7-18)19-16(20)15-14(17)11(2)9-21-15/h5-6,8-9H,7,18H2,1-2H3,(H,19,20). The first-order chi connectivity index (χ1) is 10.0. The minimum absolute atomic E-state index is 0.196. The molecule has 2 aromatic rings. The molecule has 1 aromatic carbocycles. The van der Waals surface area contributed by atoms with Gasteiger partial charge in [-0.25, -0.2) is 0 Å². The Balaban J connectivity index is 2.19. The highest BCUT2D eigenvalue weighted by atomic mass is 35.5. The third-order valence-corrected chi connectivity index (χ3v) is 4.61. The third-order valence-electron chi connectivity index (χ3n) is 2.91. The van der Waals surface area contributed by atoms with Crippen LogP contribution in [0.4, 0.5) is 5.69 Å². The lowest BCUT2D eigenvalue weighted by molar-refractivity contribution is 0.103. The first kappa shape index (κ1) is 15.6. The molecule has 108 valence electrons. The number of benzene rings is 1. The van der Waals surface area contributed by atoms with Crippen molar-refractivity contribution < 1.29 is 4.79 Å². The molecule has 1 aromatic heterocycles. The van der Waals surface area contributed by atoms with E-state index < -0.39 is 0 Å². The van der Waals surface area contributed by atoms with E-state index in [9.17, 15) is 4.79 Å². The number of hydrogen-bond donors (Lipinski definition) is 2. The maximum absolute atomic E-state index is 12.2. The van der Waals surface area contributed by atoms with Crippen LogP contribution in [0.2, 0.25) is 5.02 Å². The number of aryl methyl sites for hydroxylation is 2. The van der Waals surface area contributed by atoms with Crippen LogP contribution < -0.4 is 11.1 Å². The van der Waals surface area contributed by atoms with Crippen LogP contribution in [0.1, 0.15) is 26.4 Å². The lowest BCUT2D eigenvalue weighted by Crippen LogP contribution is -2.11. The van der Waals surface area contributed by atoms with Crippen molar-refractivity contribution in [2.24, 2.45) is 5.73 Å². The van der Waals surface area contributed by atoms with Crippen LogP contribution in [0, 0.1) is 25.7 Å². The number of halogens is 1. The molecule has 3 nitrogen and oxygen atoms in total. The van der Waals surface area contributed by atoms with Gasteiger partial charge in [0.25, 0.3) is 5.91 Å². The van der Waals surface area contributed by atoms with Crippen molar-refractivity contribution in [3.8, 4) is 11.8 Å². The Labute approximate surface area is 133 Å². The summed E-state index contributed by atoms with van der Waals surface area (Å²) in [6, 6.07) is 5.57. The van der Waals surface area contributed by atoms with Gasteiger partial charge in [-0.1, -0.05) is 23.4 Å². The summed E-state index contributed by atoms with van der Waals surface area (Å²) < 4.78 is 0. The fraction of sp³-hybridized carbons (Fsp3) is 0.188. The summed E-state index contributed by atoms with van der Waals surface area (Å²) in [5, 5.41) is 5.23. The molecular weight excluding hydrogens is 304 g/mol. The van der Waals surface area contributed by atoms with E-state index in [1.165, 1.54) is 11.3 Å². The Bertz CT molecular complexity index is 740. The van der Waals surface area contributed by atoms with Crippen LogP contribution in [-0.2, 0) is 0 Å². The molecule has 3 N–H and O–H groups in total. The van der Waals surface area contributed by atoms with Crippen molar-refractivity contribution in [1.82, 2.24) is 0 Å². The molecule has 0 spiro atoms. The molecular formula is C16H15ClN2OS. The minimum Gasteiger partial charge on any atom is -0.321 e. The number of anilines is 1. The van der Waals surface area contributed by atoms with Gasteiger partial charge in [0, 0.05) is 11.3 Å². The first-order valence-corrected chi connectivity index (χ1v) is 7.63. The Morgan fingerprint density at radius 3 is 2.71 bits per heavy atom. The van der Waals surface area contributed by atoms with E-state index in [2.05, 4.69) is 17.2 Å². The second-order valence-electron chi connectivity index (χ2n) is 4.55. The van der Waals surface area contributed by atoms with Crippen LogP contribution in [0.5, 0.6) is 0 Å². The molecule has 0 unspecified atom stereocenters. The second kappa shape index (κ2) is 6.77. The Morgan fingerprint density at radius 1 is 1.38 bits per heavy atom. The number of thiophene rings is 1. The average molecular weight is 319 g/mol. The normalized spacial score (nSPS) is 9.90. The third kappa shape index (κ3) is 3.64. The molecule has 1 heterocycles. The van der Waals surface area contributed by atoms with Gasteiger partial charge in [-0.15, -0.1) is 11.3 Å². The topological polar surface area (TPSA) is 55.1 Å². The van der Waals surface area contributed by atoms with Gasteiger partial charge in [0.2, 0.25) is 0 Å². The van der Waals surface area contributed by atoms with Crippen molar-refractivity contribution in [3.63, 3.8) is 0 Å². The van der Waals surface area contributed by atoms with Crippen LogP contribution >= 0.6 is 22.9 Å². The quantitative estimate of drug-likeness (QED) is 0.832. The highest BCUT2D eigenvalue weighted by Gasteiger charge is 2.14. The molecule has 0 saturated heterocycles. The number of carbonyl (C=O) groups is 1. The zero-order valence-corrected chi connectivity index (χ0v) is 13.4. The fourth-order valence-corrected chi connectivity index (χ4v) is 2.97. The van der Waals surface area contributed by atoms with Gasteiger partial charge in [0.05, 0.1) is 11.6 Å². The zero-order valence-electron chi connectivity index (χ0n) is 11.8. The first-order valence-electron chi connectivity index (χ1n) is 6.37. The van der Waals surface area contributed by atoms with Gasteiger partial charge in [0.15, 0.2) is 0 Å². The number of amides is 1. The van der Waals surface area contributed by atoms with Crippen LogP contribution in [-0.4, -0.2) is 12.5 Å². The summed E-state index contributed by atoms with van der Waals surface area (Å²) in [5.74, 6) is 5.61. The Hall–Kier alpha value is -1.80. The van der Waals surface area contributed by atoms with Crippen LogP contribution in [0.15, 0.2) is 23.6 Å². The van der Waals surface area contributed by atoms with Crippen molar-refractivity contribution in [3.05, 3.63) is 50.2 Å². The number of nitrogens with one attached hydrogen (secondary N) is 1. The zero-order chi connectivity index (χ0) is 15.4. The second-order valence-corrected chi connectivity index (χ2v) is 5.81. The minimum atomic E-state index is -0.196. The lowest BCUT2D eigenvalue weighted by atomic mass is 10.1. The summed E-state index contributed by atoms with van der Waals surface area (Å²) in [6.45, 7) is 4.15. The molecule has 0 fully saturated rings. The van der Waals surface area contributed by atoms with Crippen molar-refractivity contribution >= 4 is 34.5 Å².